The van der Waals surface area contributed by atoms with Gasteiger partial charge in [-0.1, -0.05) is 13.8 Å². The quantitative estimate of drug-likeness (QED) is 0.693. The second-order valence-corrected chi connectivity index (χ2v) is 3.95. The summed E-state index contributed by atoms with van der Waals surface area (Å²) in [5.41, 5.74) is 5.56. The molecule has 3 heteroatoms. The van der Waals surface area contributed by atoms with Crippen LogP contribution in [0.5, 0.6) is 0 Å². The first-order chi connectivity index (χ1) is 5.67. The van der Waals surface area contributed by atoms with Crippen molar-refractivity contribution in [3.05, 3.63) is 0 Å². The lowest BCUT2D eigenvalue weighted by molar-refractivity contribution is -0.122. The Balaban J connectivity index is 2.34. The second-order valence-electron chi connectivity index (χ2n) is 3.95. The Labute approximate surface area is 74.2 Å². The lowest BCUT2D eigenvalue weighted by Gasteiger charge is -2.29. The summed E-state index contributed by atoms with van der Waals surface area (Å²) in [6.45, 7) is 6.54. The minimum Gasteiger partial charge on any atom is -0.350 e. The molecule has 3 nitrogen and oxygen atoms in total. The SMILES string of the molecule is CC(C)(CCCN)C1OCCO1. The van der Waals surface area contributed by atoms with Gasteiger partial charge in [0.1, 0.15) is 0 Å². The minimum atomic E-state index is -0.0240. The third-order valence-electron chi connectivity index (χ3n) is 2.29. The van der Waals surface area contributed by atoms with E-state index in [9.17, 15) is 0 Å². The smallest absolute Gasteiger partial charge is 0.162 e. The number of nitrogens with two attached hydrogens (primary N) is 1. The Hall–Kier alpha value is -0.120. The van der Waals surface area contributed by atoms with Gasteiger partial charge in [0.05, 0.1) is 13.2 Å². The molecular weight excluding hydrogens is 154 g/mol. The summed E-state index contributed by atoms with van der Waals surface area (Å²) in [7, 11) is 0. The maximum absolute atomic E-state index is 5.45. The topological polar surface area (TPSA) is 44.5 Å². The molecule has 1 aliphatic rings. The standard InChI is InChI=1S/C9H19NO2/c1-9(2,4-3-5-10)8-11-6-7-12-8/h8H,3-7,10H2,1-2H3. The van der Waals surface area contributed by atoms with Crippen molar-refractivity contribution in [2.75, 3.05) is 19.8 Å². The van der Waals surface area contributed by atoms with Gasteiger partial charge in [-0.15, -0.1) is 0 Å². The summed E-state index contributed by atoms with van der Waals surface area (Å²) in [5, 5.41) is 0. The summed E-state index contributed by atoms with van der Waals surface area (Å²) in [4.78, 5) is 0. The highest BCUT2D eigenvalue weighted by atomic mass is 16.7. The molecule has 0 radical (unpaired) electrons. The van der Waals surface area contributed by atoms with Gasteiger partial charge >= 0.3 is 0 Å². The van der Waals surface area contributed by atoms with Crippen LogP contribution in [0, 0.1) is 5.41 Å². The van der Waals surface area contributed by atoms with Crippen LogP contribution in [0.1, 0.15) is 26.7 Å². The molecule has 0 amide bonds. The Bertz CT molecular complexity index is 130. The van der Waals surface area contributed by atoms with Gasteiger partial charge < -0.3 is 15.2 Å². The minimum absolute atomic E-state index is 0.0240. The van der Waals surface area contributed by atoms with Gasteiger partial charge in [-0.25, -0.2) is 0 Å². The zero-order chi connectivity index (χ0) is 9.03. The number of hydrogen-bond acceptors (Lipinski definition) is 3. The lowest BCUT2D eigenvalue weighted by atomic mass is 9.87. The molecule has 12 heavy (non-hydrogen) atoms. The van der Waals surface area contributed by atoms with Crippen molar-refractivity contribution in [1.82, 2.24) is 0 Å². The van der Waals surface area contributed by atoms with E-state index in [1.54, 1.807) is 0 Å². The molecule has 72 valence electrons. The number of hydrogen-bond donors (Lipinski definition) is 1. The normalized spacial score (nSPS) is 20.2. The van der Waals surface area contributed by atoms with Crippen molar-refractivity contribution in [1.29, 1.82) is 0 Å². The fraction of sp³-hybridized carbons (Fsp3) is 1.00. The maximum Gasteiger partial charge on any atom is 0.162 e. The van der Waals surface area contributed by atoms with Crippen molar-refractivity contribution in [3.8, 4) is 0 Å². The van der Waals surface area contributed by atoms with E-state index in [0.29, 0.717) is 0 Å². The molecule has 0 bridgehead atoms. The molecule has 0 unspecified atom stereocenters. The predicted molar refractivity (Wildman–Crippen MR) is 47.8 cm³/mol. The van der Waals surface area contributed by atoms with Gasteiger partial charge in [0.25, 0.3) is 0 Å². The first-order valence-electron chi connectivity index (χ1n) is 4.60. The van der Waals surface area contributed by atoms with E-state index < -0.39 is 0 Å². The van der Waals surface area contributed by atoms with Gasteiger partial charge in [-0.05, 0) is 19.4 Å². The van der Waals surface area contributed by atoms with Gasteiger partial charge in [0, 0.05) is 5.41 Å². The van der Waals surface area contributed by atoms with E-state index in [2.05, 4.69) is 13.8 Å². The summed E-state index contributed by atoms with van der Waals surface area (Å²) in [6.07, 6.45) is 2.08. The fourth-order valence-electron chi connectivity index (χ4n) is 1.49. The molecule has 0 spiro atoms. The van der Waals surface area contributed by atoms with Crippen LogP contribution in [0.25, 0.3) is 0 Å². The van der Waals surface area contributed by atoms with Crippen LogP contribution in [-0.4, -0.2) is 26.0 Å². The fourth-order valence-corrected chi connectivity index (χ4v) is 1.49. The van der Waals surface area contributed by atoms with Crippen LogP contribution in [-0.2, 0) is 9.47 Å². The predicted octanol–water partition coefficient (Wildman–Crippen LogP) is 1.12. The Morgan fingerprint density at radius 3 is 2.42 bits per heavy atom. The highest BCUT2D eigenvalue weighted by molar-refractivity contribution is 4.75. The molecule has 0 aromatic heterocycles. The largest absolute Gasteiger partial charge is 0.350 e. The molecule has 0 aromatic rings. The molecule has 1 rings (SSSR count). The first-order valence-corrected chi connectivity index (χ1v) is 4.60. The molecule has 1 aliphatic heterocycles. The maximum atomic E-state index is 5.45. The van der Waals surface area contributed by atoms with Crippen LogP contribution in [0.15, 0.2) is 0 Å². The van der Waals surface area contributed by atoms with Crippen LogP contribution < -0.4 is 5.73 Å². The third-order valence-corrected chi connectivity index (χ3v) is 2.29. The molecular formula is C9H19NO2. The van der Waals surface area contributed by atoms with E-state index in [0.717, 1.165) is 32.6 Å². The van der Waals surface area contributed by atoms with E-state index in [4.69, 9.17) is 15.2 Å². The summed E-state index contributed by atoms with van der Waals surface area (Å²) >= 11 is 0. The number of ether oxygens (including phenoxy) is 2. The molecule has 0 atom stereocenters. The van der Waals surface area contributed by atoms with Gasteiger partial charge in [0.2, 0.25) is 0 Å². The Morgan fingerprint density at radius 1 is 1.33 bits per heavy atom. The van der Waals surface area contributed by atoms with Crippen LogP contribution >= 0.6 is 0 Å². The van der Waals surface area contributed by atoms with Crippen molar-refractivity contribution < 1.29 is 9.47 Å². The van der Waals surface area contributed by atoms with Crippen molar-refractivity contribution in [2.45, 2.75) is 33.0 Å². The van der Waals surface area contributed by atoms with E-state index >= 15 is 0 Å². The second kappa shape index (κ2) is 4.21. The van der Waals surface area contributed by atoms with E-state index in [-0.39, 0.29) is 11.7 Å². The monoisotopic (exact) mass is 173 g/mol. The molecule has 1 fully saturated rings. The number of rotatable bonds is 4. The molecule has 0 aromatic carbocycles. The van der Waals surface area contributed by atoms with E-state index in [1.165, 1.54) is 0 Å². The third kappa shape index (κ3) is 2.44. The van der Waals surface area contributed by atoms with Gasteiger partial charge in [-0.2, -0.15) is 0 Å². The van der Waals surface area contributed by atoms with Crippen LogP contribution in [0.2, 0.25) is 0 Å². The zero-order valence-electron chi connectivity index (χ0n) is 8.01. The summed E-state index contributed by atoms with van der Waals surface area (Å²) in [6, 6.07) is 0. The van der Waals surface area contributed by atoms with Crippen molar-refractivity contribution in [2.24, 2.45) is 11.1 Å². The lowest BCUT2D eigenvalue weighted by Crippen LogP contribution is -2.30. The average molecular weight is 173 g/mol. The molecule has 1 saturated heterocycles. The van der Waals surface area contributed by atoms with Gasteiger partial charge in [-0.3, -0.25) is 0 Å². The van der Waals surface area contributed by atoms with Crippen molar-refractivity contribution in [3.63, 3.8) is 0 Å². The summed E-state index contributed by atoms with van der Waals surface area (Å²) < 4.78 is 10.9. The Morgan fingerprint density at radius 2 is 1.92 bits per heavy atom. The van der Waals surface area contributed by atoms with Crippen molar-refractivity contribution >= 4 is 0 Å². The Kier molecular flexibility index (Phi) is 3.50. The highest BCUT2D eigenvalue weighted by Gasteiger charge is 2.33. The van der Waals surface area contributed by atoms with Gasteiger partial charge in [0.15, 0.2) is 6.29 Å². The van der Waals surface area contributed by atoms with Crippen LogP contribution in [0.3, 0.4) is 0 Å². The van der Waals surface area contributed by atoms with Crippen LogP contribution in [0.4, 0.5) is 0 Å². The average Bonchev–Trinajstić information content (AvgIpc) is 2.53. The molecule has 2 N–H and O–H groups in total. The first kappa shape index (κ1) is 9.96. The van der Waals surface area contributed by atoms with E-state index in [1.807, 2.05) is 0 Å². The zero-order valence-corrected chi connectivity index (χ0v) is 8.01. The molecule has 1 heterocycles. The molecule has 0 saturated carbocycles. The highest BCUT2D eigenvalue weighted by Crippen LogP contribution is 2.31. The molecule has 0 aliphatic carbocycles. The summed E-state index contributed by atoms with van der Waals surface area (Å²) in [5.74, 6) is 0.